The Morgan fingerprint density at radius 1 is 1.20 bits per heavy atom. The second-order valence-corrected chi connectivity index (χ2v) is 5.22. The molecule has 0 saturated carbocycles. The highest BCUT2D eigenvalue weighted by molar-refractivity contribution is 9.10. The number of amides is 1. The van der Waals surface area contributed by atoms with Crippen LogP contribution in [0.15, 0.2) is 46.9 Å². The van der Waals surface area contributed by atoms with E-state index in [1.54, 1.807) is 12.1 Å². The molecule has 0 aromatic heterocycles. The number of nitrogens with one attached hydrogen (secondary N) is 2. The molecule has 2 aromatic rings. The van der Waals surface area contributed by atoms with Crippen LogP contribution in [0, 0.1) is 12.7 Å². The van der Waals surface area contributed by atoms with Crippen LogP contribution < -0.4 is 10.6 Å². The van der Waals surface area contributed by atoms with Gasteiger partial charge in [-0.3, -0.25) is 4.79 Å². The van der Waals surface area contributed by atoms with Gasteiger partial charge < -0.3 is 10.6 Å². The average molecular weight is 337 g/mol. The van der Waals surface area contributed by atoms with Crippen LogP contribution in [0.4, 0.5) is 15.8 Å². The van der Waals surface area contributed by atoms with Crippen LogP contribution in [0.1, 0.15) is 5.56 Å². The molecule has 5 heteroatoms. The predicted molar refractivity (Wildman–Crippen MR) is 82.4 cm³/mol. The lowest BCUT2D eigenvalue weighted by atomic mass is 10.2. The molecule has 0 radical (unpaired) electrons. The lowest BCUT2D eigenvalue weighted by Crippen LogP contribution is -2.22. The molecule has 3 nitrogen and oxygen atoms in total. The summed E-state index contributed by atoms with van der Waals surface area (Å²) in [5, 5.41) is 5.53. The van der Waals surface area contributed by atoms with E-state index in [9.17, 15) is 9.18 Å². The van der Waals surface area contributed by atoms with Gasteiger partial charge in [0, 0.05) is 10.2 Å². The molecule has 0 atom stereocenters. The zero-order chi connectivity index (χ0) is 14.5. The first-order valence-corrected chi connectivity index (χ1v) is 6.90. The Morgan fingerprint density at radius 2 is 1.95 bits per heavy atom. The van der Waals surface area contributed by atoms with E-state index < -0.39 is 5.82 Å². The van der Waals surface area contributed by atoms with Gasteiger partial charge in [0.15, 0.2) is 0 Å². The Kier molecular flexibility index (Phi) is 4.74. The first-order chi connectivity index (χ1) is 9.56. The van der Waals surface area contributed by atoms with Crippen LogP contribution in [-0.2, 0) is 4.79 Å². The molecule has 0 heterocycles. The molecular weight excluding hydrogens is 323 g/mol. The number of hydrogen-bond donors (Lipinski definition) is 2. The van der Waals surface area contributed by atoms with Crippen LogP contribution in [0.2, 0.25) is 0 Å². The quantitative estimate of drug-likeness (QED) is 0.887. The van der Waals surface area contributed by atoms with Crippen molar-refractivity contribution in [3.05, 3.63) is 58.3 Å². The maximum absolute atomic E-state index is 13.4. The number of carbonyl (C=O) groups excluding carboxylic acids is 1. The summed E-state index contributed by atoms with van der Waals surface area (Å²) in [7, 11) is 0. The summed E-state index contributed by atoms with van der Waals surface area (Å²) < 4.78 is 14.3. The van der Waals surface area contributed by atoms with Crippen LogP contribution in [0.25, 0.3) is 0 Å². The van der Waals surface area contributed by atoms with Crippen molar-refractivity contribution >= 4 is 33.2 Å². The second kappa shape index (κ2) is 6.52. The molecule has 2 rings (SSSR count). The van der Waals surface area contributed by atoms with Crippen molar-refractivity contribution in [2.45, 2.75) is 6.92 Å². The molecule has 0 unspecified atom stereocenters. The first kappa shape index (κ1) is 14.5. The Labute approximate surface area is 125 Å². The number of anilines is 2. The number of aryl methyl sites for hydroxylation is 1. The van der Waals surface area contributed by atoms with Crippen molar-refractivity contribution < 1.29 is 9.18 Å². The van der Waals surface area contributed by atoms with Crippen LogP contribution in [0.5, 0.6) is 0 Å². The van der Waals surface area contributed by atoms with E-state index in [4.69, 9.17) is 0 Å². The zero-order valence-electron chi connectivity index (χ0n) is 10.9. The molecule has 0 spiro atoms. The van der Waals surface area contributed by atoms with Gasteiger partial charge in [0.25, 0.3) is 0 Å². The summed E-state index contributed by atoms with van der Waals surface area (Å²) in [6.45, 7) is 2.04. The van der Waals surface area contributed by atoms with Crippen LogP contribution in [-0.4, -0.2) is 12.5 Å². The van der Waals surface area contributed by atoms with Gasteiger partial charge in [0.1, 0.15) is 5.82 Å². The monoisotopic (exact) mass is 336 g/mol. The smallest absolute Gasteiger partial charge is 0.243 e. The molecule has 0 saturated heterocycles. The summed E-state index contributed by atoms with van der Waals surface area (Å²) in [5.41, 5.74) is 2.10. The molecule has 0 bridgehead atoms. The fourth-order valence-corrected chi connectivity index (χ4v) is 2.09. The van der Waals surface area contributed by atoms with Gasteiger partial charge in [0.2, 0.25) is 5.91 Å². The summed E-state index contributed by atoms with van der Waals surface area (Å²) >= 11 is 3.40. The maximum atomic E-state index is 13.4. The van der Waals surface area contributed by atoms with Gasteiger partial charge in [-0.05, 0) is 52.7 Å². The van der Waals surface area contributed by atoms with Crippen molar-refractivity contribution in [2.24, 2.45) is 0 Å². The van der Waals surface area contributed by atoms with Gasteiger partial charge in [-0.15, -0.1) is 0 Å². The molecule has 2 aromatic carbocycles. The number of hydrogen-bond acceptors (Lipinski definition) is 2. The van der Waals surface area contributed by atoms with Crippen molar-refractivity contribution in [2.75, 3.05) is 17.2 Å². The van der Waals surface area contributed by atoms with Crippen molar-refractivity contribution in [1.82, 2.24) is 0 Å². The van der Waals surface area contributed by atoms with Gasteiger partial charge >= 0.3 is 0 Å². The molecule has 0 aliphatic rings. The fourth-order valence-electron chi connectivity index (χ4n) is 1.71. The third-order valence-electron chi connectivity index (χ3n) is 2.71. The van der Waals surface area contributed by atoms with Crippen molar-refractivity contribution in [3.63, 3.8) is 0 Å². The largest absolute Gasteiger partial charge is 0.375 e. The highest BCUT2D eigenvalue weighted by Crippen LogP contribution is 2.23. The standard InChI is InChI=1S/C15H14BrFN2O/c1-10-6-7-11(16)14(8-10)18-9-15(20)19-13-5-3-2-4-12(13)17/h2-8,18H,9H2,1H3,(H,19,20). The van der Waals surface area contributed by atoms with Crippen LogP contribution >= 0.6 is 15.9 Å². The highest BCUT2D eigenvalue weighted by Gasteiger charge is 2.07. The highest BCUT2D eigenvalue weighted by atomic mass is 79.9. The third-order valence-corrected chi connectivity index (χ3v) is 3.40. The first-order valence-electron chi connectivity index (χ1n) is 6.10. The number of carbonyl (C=O) groups is 1. The Hall–Kier alpha value is -1.88. The minimum absolute atomic E-state index is 0.0659. The molecule has 2 N–H and O–H groups in total. The summed E-state index contributed by atoms with van der Waals surface area (Å²) in [4.78, 5) is 11.8. The minimum atomic E-state index is -0.447. The topological polar surface area (TPSA) is 41.1 Å². The average Bonchev–Trinajstić information content (AvgIpc) is 2.42. The number of rotatable bonds is 4. The minimum Gasteiger partial charge on any atom is -0.375 e. The lowest BCUT2D eigenvalue weighted by Gasteiger charge is -2.10. The predicted octanol–water partition coefficient (Wildman–Crippen LogP) is 3.95. The lowest BCUT2D eigenvalue weighted by molar-refractivity contribution is -0.114. The maximum Gasteiger partial charge on any atom is 0.243 e. The van der Waals surface area contributed by atoms with Gasteiger partial charge in [-0.2, -0.15) is 0 Å². The number of halogens is 2. The number of benzene rings is 2. The van der Waals surface area contributed by atoms with E-state index in [-0.39, 0.29) is 18.1 Å². The molecule has 104 valence electrons. The summed E-state index contributed by atoms with van der Waals surface area (Å²) in [6.07, 6.45) is 0. The van der Waals surface area contributed by atoms with Crippen molar-refractivity contribution in [1.29, 1.82) is 0 Å². The number of para-hydroxylation sites is 1. The Balaban J connectivity index is 1.96. The molecule has 0 aliphatic carbocycles. The second-order valence-electron chi connectivity index (χ2n) is 4.36. The van der Waals surface area contributed by atoms with E-state index in [0.29, 0.717) is 0 Å². The van der Waals surface area contributed by atoms with Gasteiger partial charge in [-0.1, -0.05) is 18.2 Å². The van der Waals surface area contributed by atoms with E-state index in [2.05, 4.69) is 26.6 Å². The van der Waals surface area contributed by atoms with Gasteiger partial charge in [0.05, 0.1) is 12.2 Å². The molecule has 20 heavy (non-hydrogen) atoms. The molecule has 1 amide bonds. The Morgan fingerprint density at radius 3 is 2.70 bits per heavy atom. The van der Waals surface area contributed by atoms with Crippen molar-refractivity contribution in [3.8, 4) is 0 Å². The molecule has 0 aliphatic heterocycles. The SMILES string of the molecule is Cc1ccc(Br)c(NCC(=O)Nc2ccccc2F)c1. The van der Waals surface area contributed by atoms with Crippen LogP contribution in [0.3, 0.4) is 0 Å². The summed E-state index contributed by atoms with van der Waals surface area (Å²) in [6, 6.07) is 11.9. The third kappa shape index (κ3) is 3.81. The zero-order valence-corrected chi connectivity index (χ0v) is 12.5. The van der Waals surface area contributed by atoms with E-state index in [0.717, 1.165) is 15.7 Å². The fraction of sp³-hybridized carbons (Fsp3) is 0.133. The van der Waals surface area contributed by atoms with E-state index >= 15 is 0 Å². The Bertz CT molecular complexity index is 631. The molecule has 0 fully saturated rings. The van der Waals surface area contributed by atoms with E-state index in [1.807, 2.05) is 25.1 Å². The van der Waals surface area contributed by atoms with E-state index in [1.165, 1.54) is 12.1 Å². The molecular formula is C15H14BrFN2O. The normalized spacial score (nSPS) is 10.2. The van der Waals surface area contributed by atoms with Gasteiger partial charge in [-0.25, -0.2) is 4.39 Å². The summed E-state index contributed by atoms with van der Waals surface area (Å²) in [5.74, 6) is -0.749.